The number of amides is 1. The molecule has 1 atom stereocenters. The SMILES string of the molecule is CC(CN)N(C)C(=O)c1cn(-c2ccccc2C(F)(F)F)nn1. The Hall–Kier alpha value is -2.42. The van der Waals surface area contributed by atoms with Crippen molar-refractivity contribution in [2.75, 3.05) is 13.6 Å². The average molecular weight is 327 g/mol. The molecule has 6 nitrogen and oxygen atoms in total. The fourth-order valence-corrected chi connectivity index (χ4v) is 1.93. The highest BCUT2D eigenvalue weighted by Crippen LogP contribution is 2.33. The number of carbonyl (C=O) groups excluding carboxylic acids is 1. The van der Waals surface area contributed by atoms with Gasteiger partial charge in [0.05, 0.1) is 17.4 Å². The van der Waals surface area contributed by atoms with Crippen LogP contribution in [0.25, 0.3) is 5.69 Å². The number of nitrogens with zero attached hydrogens (tertiary/aromatic N) is 4. The molecule has 1 amide bonds. The molecule has 2 N–H and O–H groups in total. The minimum Gasteiger partial charge on any atom is -0.336 e. The molecule has 1 unspecified atom stereocenters. The van der Waals surface area contributed by atoms with Crippen LogP contribution in [0.3, 0.4) is 0 Å². The van der Waals surface area contributed by atoms with Crippen LogP contribution in [0.5, 0.6) is 0 Å². The van der Waals surface area contributed by atoms with Gasteiger partial charge >= 0.3 is 6.18 Å². The summed E-state index contributed by atoms with van der Waals surface area (Å²) in [6, 6.07) is 4.72. The van der Waals surface area contributed by atoms with Crippen LogP contribution in [0.1, 0.15) is 23.0 Å². The second kappa shape index (κ2) is 6.37. The lowest BCUT2D eigenvalue weighted by molar-refractivity contribution is -0.137. The molecule has 0 radical (unpaired) electrons. The zero-order chi connectivity index (χ0) is 17.2. The van der Waals surface area contributed by atoms with E-state index in [1.54, 1.807) is 14.0 Å². The second-order valence-electron chi connectivity index (χ2n) is 5.06. The number of benzene rings is 1. The van der Waals surface area contributed by atoms with Crippen molar-refractivity contribution in [2.24, 2.45) is 5.73 Å². The summed E-state index contributed by atoms with van der Waals surface area (Å²) < 4.78 is 40.0. The third-order valence-electron chi connectivity index (χ3n) is 3.49. The van der Waals surface area contributed by atoms with E-state index >= 15 is 0 Å². The van der Waals surface area contributed by atoms with Gasteiger partial charge in [0.1, 0.15) is 0 Å². The number of carbonyl (C=O) groups is 1. The van der Waals surface area contributed by atoms with Crippen LogP contribution in [-0.2, 0) is 6.18 Å². The third-order valence-corrected chi connectivity index (χ3v) is 3.49. The second-order valence-corrected chi connectivity index (χ2v) is 5.06. The van der Waals surface area contributed by atoms with Crippen LogP contribution in [0.15, 0.2) is 30.5 Å². The van der Waals surface area contributed by atoms with Crippen LogP contribution in [-0.4, -0.2) is 45.4 Å². The van der Waals surface area contributed by atoms with E-state index in [1.165, 1.54) is 29.3 Å². The van der Waals surface area contributed by atoms with E-state index in [1.807, 2.05) is 0 Å². The lowest BCUT2D eigenvalue weighted by Gasteiger charge is -2.22. The first-order chi connectivity index (χ1) is 10.8. The number of nitrogens with two attached hydrogens (primary N) is 1. The number of halogens is 3. The lowest BCUT2D eigenvalue weighted by Crippen LogP contribution is -2.39. The predicted molar refractivity (Wildman–Crippen MR) is 77.0 cm³/mol. The standard InChI is InChI=1S/C14H16F3N5O/c1-9(7-18)21(2)13(23)11-8-22(20-19-11)12-6-4-3-5-10(12)14(15,16)17/h3-6,8-9H,7,18H2,1-2H3. The number of para-hydroxylation sites is 1. The molecule has 0 aliphatic rings. The van der Waals surface area contributed by atoms with Crippen LogP contribution in [0.2, 0.25) is 0 Å². The summed E-state index contributed by atoms with van der Waals surface area (Å²) in [6.07, 6.45) is -3.36. The third kappa shape index (κ3) is 3.50. The largest absolute Gasteiger partial charge is 0.418 e. The highest BCUT2D eigenvalue weighted by molar-refractivity contribution is 5.92. The molecular weight excluding hydrogens is 311 g/mol. The van der Waals surface area contributed by atoms with Gasteiger partial charge in [-0.25, -0.2) is 4.68 Å². The minimum absolute atomic E-state index is 0.0511. The van der Waals surface area contributed by atoms with Gasteiger partial charge in [-0.15, -0.1) is 5.10 Å². The molecule has 0 saturated carbocycles. The first-order valence-electron chi connectivity index (χ1n) is 6.82. The van der Waals surface area contributed by atoms with Gasteiger partial charge in [-0.05, 0) is 19.1 Å². The maximum Gasteiger partial charge on any atom is 0.418 e. The van der Waals surface area contributed by atoms with Crippen molar-refractivity contribution in [3.63, 3.8) is 0 Å². The quantitative estimate of drug-likeness (QED) is 0.927. The summed E-state index contributed by atoms with van der Waals surface area (Å²) in [5, 5.41) is 7.30. The Labute approximate surface area is 130 Å². The van der Waals surface area contributed by atoms with Crippen molar-refractivity contribution in [3.8, 4) is 5.69 Å². The van der Waals surface area contributed by atoms with Crippen molar-refractivity contribution >= 4 is 5.91 Å². The molecule has 1 aromatic carbocycles. The lowest BCUT2D eigenvalue weighted by atomic mass is 10.1. The Morgan fingerprint density at radius 3 is 2.65 bits per heavy atom. The summed E-state index contributed by atoms with van der Waals surface area (Å²) in [5.74, 6) is -0.460. The number of hydrogen-bond donors (Lipinski definition) is 1. The normalized spacial score (nSPS) is 13.0. The Bertz CT molecular complexity index is 698. The summed E-state index contributed by atoms with van der Waals surface area (Å²) in [7, 11) is 1.54. The Kier molecular flexibility index (Phi) is 4.69. The molecular formula is C14H16F3N5O. The molecule has 0 fully saturated rings. The van der Waals surface area contributed by atoms with E-state index < -0.39 is 17.6 Å². The summed E-state index contributed by atoms with van der Waals surface area (Å²) >= 11 is 0. The van der Waals surface area contributed by atoms with Crippen LogP contribution in [0.4, 0.5) is 13.2 Å². The van der Waals surface area contributed by atoms with Gasteiger partial charge < -0.3 is 10.6 Å². The van der Waals surface area contributed by atoms with Crippen molar-refractivity contribution in [3.05, 3.63) is 41.7 Å². The molecule has 1 heterocycles. The molecule has 2 aromatic rings. The van der Waals surface area contributed by atoms with Crippen LogP contribution in [0, 0.1) is 0 Å². The Morgan fingerprint density at radius 2 is 2.04 bits per heavy atom. The van der Waals surface area contributed by atoms with E-state index in [0.717, 1.165) is 10.7 Å². The smallest absolute Gasteiger partial charge is 0.336 e. The number of aromatic nitrogens is 3. The van der Waals surface area contributed by atoms with Crippen LogP contribution >= 0.6 is 0 Å². The number of likely N-dealkylation sites (N-methyl/N-ethyl adjacent to an activating group) is 1. The highest BCUT2D eigenvalue weighted by atomic mass is 19.4. The van der Waals surface area contributed by atoms with E-state index in [-0.39, 0.29) is 24.0 Å². The average Bonchev–Trinajstić information content (AvgIpc) is 3.01. The monoisotopic (exact) mass is 327 g/mol. The summed E-state index contributed by atoms with van der Waals surface area (Å²) in [5.41, 5.74) is 4.39. The topological polar surface area (TPSA) is 77.0 Å². The number of hydrogen-bond acceptors (Lipinski definition) is 4. The van der Waals surface area contributed by atoms with E-state index in [0.29, 0.717) is 0 Å². The number of alkyl halides is 3. The summed E-state index contributed by atoms with van der Waals surface area (Å²) in [6.45, 7) is 2.01. The molecule has 0 spiro atoms. The predicted octanol–water partition coefficient (Wildman–Crippen LogP) is 1.71. The Balaban J connectivity index is 2.36. The van der Waals surface area contributed by atoms with E-state index in [4.69, 9.17) is 5.73 Å². The minimum atomic E-state index is -4.53. The molecule has 0 bridgehead atoms. The van der Waals surface area contributed by atoms with Crippen molar-refractivity contribution in [2.45, 2.75) is 19.1 Å². The van der Waals surface area contributed by atoms with Gasteiger partial charge in [-0.1, -0.05) is 17.3 Å². The molecule has 0 saturated heterocycles. The fourth-order valence-electron chi connectivity index (χ4n) is 1.93. The molecule has 9 heteroatoms. The molecule has 0 aliphatic carbocycles. The van der Waals surface area contributed by atoms with E-state index in [9.17, 15) is 18.0 Å². The zero-order valence-electron chi connectivity index (χ0n) is 12.6. The Morgan fingerprint density at radius 1 is 1.39 bits per heavy atom. The first kappa shape index (κ1) is 16.9. The first-order valence-corrected chi connectivity index (χ1v) is 6.82. The number of rotatable bonds is 4. The van der Waals surface area contributed by atoms with Crippen molar-refractivity contribution in [1.29, 1.82) is 0 Å². The van der Waals surface area contributed by atoms with Gasteiger partial charge in [0, 0.05) is 19.6 Å². The molecule has 2 rings (SSSR count). The van der Waals surface area contributed by atoms with Gasteiger partial charge in [0.15, 0.2) is 5.69 Å². The highest BCUT2D eigenvalue weighted by Gasteiger charge is 2.34. The van der Waals surface area contributed by atoms with Crippen LogP contribution < -0.4 is 5.73 Å². The molecule has 1 aromatic heterocycles. The summed E-state index contributed by atoms with van der Waals surface area (Å²) in [4.78, 5) is 13.6. The van der Waals surface area contributed by atoms with Gasteiger partial charge in [0.25, 0.3) is 5.91 Å². The van der Waals surface area contributed by atoms with Gasteiger partial charge in [-0.3, -0.25) is 4.79 Å². The molecule has 124 valence electrons. The maximum absolute atomic E-state index is 13.0. The molecule has 23 heavy (non-hydrogen) atoms. The fraction of sp³-hybridized carbons (Fsp3) is 0.357. The van der Waals surface area contributed by atoms with Gasteiger partial charge in [-0.2, -0.15) is 13.2 Å². The maximum atomic E-state index is 13.0. The molecule has 0 aliphatic heterocycles. The van der Waals surface area contributed by atoms with Crippen molar-refractivity contribution < 1.29 is 18.0 Å². The van der Waals surface area contributed by atoms with Gasteiger partial charge in [0.2, 0.25) is 0 Å². The zero-order valence-corrected chi connectivity index (χ0v) is 12.6. The van der Waals surface area contributed by atoms with Crippen molar-refractivity contribution in [1.82, 2.24) is 19.9 Å². The van der Waals surface area contributed by atoms with E-state index in [2.05, 4.69) is 10.3 Å².